The first-order valence-electron chi connectivity index (χ1n) is 10.6. The van der Waals surface area contributed by atoms with E-state index in [1.807, 2.05) is 0 Å². The van der Waals surface area contributed by atoms with E-state index in [1.165, 1.54) is 6.07 Å². The van der Waals surface area contributed by atoms with Crippen molar-refractivity contribution in [3.05, 3.63) is 47.5 Å². The van der Waals surface area contributed by atoms with Crippen LogP contribution in [0.15, 0.2) is 36.4 Å². The number of nitrogens with one attached hydrogen (secondary N) is 1. The summed E-state index contributed by atoms with van der Waals surface area (Å²) in [6.45, 7) is 0.264. The Kier molecular flexibility index (Phi) is 5.18. The second-order valence-corrected chi connectivity index (χ2v) is 8.83. The van der Waals surface area contributed by atoms with Crippen LogP contribution in [-0.2, 0) is 11.0 Å². The first kappa shape index (κ1) is 22.4. The lowest BCUT2D eigenvalue weighted by atomic mass is 9.75. The second kappa shape index (κ2) is 7.85. The number of nitriles is 1. The third-order valence-electron chi connectivity index (χ3n) is 6.52. The normalized spacial score (nSPS) is 21.0. The van der Waals surface area contributed by atoms with Crippen LogP contribution in [0.2, 0.25) is 0 Å². The first-order valence-corrected chi connectivity index (χ1v) is 11.1. The number of hydrogen-bond acceptors (Lipinski definition) is 6. The molecular formula is C23H19F3N4O3S. The standard InChI is InChI=1S/C23H19F3N4O3S/c24-23(25,26)17-8-14(3-2-13(17)10-27)29-20(32)22(6-1-7-22)30(21(29)34)15-4-5-19-18(9-15)28-11-16(12-31)33-19/h2-5,8-9,16,28,31H,1,6-7,11-12H2/t16-/m0/s1. The van der Waals surface area contributed by atoms with Crippen molar-refractivity contribution < 1.29 is 27.8 Å². The maximum Gasteiger partial charge on any atom is 0.417 e. The number of halogens is 3. The van der Waals surface area contributed by atoms with Crippen molar-refractivity contribution in [2.45, 2.75) is 37.1 Å². The maximum absolute atomic E-state index is 13.6. The van der Waals surface area contributed by atoms with E-state index in [4.69, 9.17) is 22.2 Å². The molecule has 1 amide bonds. The van der Waals surface area contributed by atoms with Crippen molar-refractivity contribution in [3.8, 4) is 11.8 Å². The van der Waals surface area contributed by atoms with E-state index >= 15 is 0 Å². The Morgan fingerprint density at radius 2 is 1.97 bits per heavy atom. The molecule has 1 aliphatic carbocycles. The molecule has 0 aromatic heterocycles. The smallest absolute Gasteiger partial charge is 0.417 e. The van der Waals surface area contributed by atoms with Crippen molar-refractivity contribution in [2.24, 2.45) is 0 Å². The van der Waals surface area contributed by atoms with Crippen LogP contribution in [0.4, 0.5) is 30.2 Å². The molecule has 1 atom stereocenters. The van der Waals surface area contributed by atoms with Crippen molar-refractivity contribution >= 4 is 40.3 Å². The number of nitrogens with zero attached hydrogens (tertiary/aromatic N) is 3. The molecule has 0 bridgehead atoms. The minimum atomic E-state index is -4.75. The molecule has 2 heterocycles. The summed E-state index contributed by atoms with van der Waals surface area (Å²) in [5.41, 5.74) is -1.35. The molecule has 34 heavy (non-hydrogen) atoms. The van der Waals surface area contributed by atoms with Crippen LogP contribution in [-0.4, -0.2) is 40.9 Å². The topological polar surface area (TPSA) is 88.8 Å². The number of alkyl halides is 3. The number of hydrogen-bond donors (Lipinski definition) is 2. The molecule has 176 valence electrons. The largest absolute Gasteiger partial charge is 0.484 e. The summed E-state index contributed by atoms with van der Waals surface area (Å²) in [5.74, 6) is 0.163. The molecule has 1 saturated heterocycles. The van der Waals surface area contributed by atoms with Gasteiger partial charge in [0.05, 0.1) is 41.7 Å². The average molecular weight is 488 g/mol. The van der Waals surface area contributed by atoms with Gasteiger partial charge in [-0.25, -0.2) is 0 Å². The van der Waals surface area contributed by atoms with E-state index in [9.17, 15) is 23.1 Å². The third kappa shape index (κ3) is 3.28. The Morgan fingerprint density at radius 3 is 2.59 bits per heavy atom. The third-order valence-corrected chi connectivity index (χ3v) is 6.88. The Hall–Kier alpha value is -3.36. The number of amides is 1. The fourth-order valence-electron chi connectivity index (χ4n) is 4.66. The van der Waals surface area contributed by atoms with Crippen molar-refractivity contribution in [1.29, 1.82) is 5.26 Å². The number of benzene rings is 2. The van der Waals surface area contributed by atoms with Gasteiger partial charge >= 0.3 is 6.18 Å². The van der Waals surface area contributed by atoms with E-state index in [1.54, 1.807) is 29.2 Å². The van der Waals surface area contributed by atoms with Gasteiger partial charge in [0.25, 0.3) is 5.91 Å². The van der Waals surface area contributed by atoms with Gasteiger partial charge in [0, 0.05) is 5.69 Å². The van der Waals surface area contributed by atoms with Crippen LogP contribution < -0.4 is 19.9 Å². The molecule has 0 radical (unpaired) electrons. The molecule has 2 N–H and O–H groups in total. The van der Waals surface area contributed by atoms with Gasteiger partial charge in [0.2, 0.25) is 0 Å². The molecule has 11 heteroatoms. The lowest BCUT2D eigenvalue weighted by Crippen LogP contribution is -2.55. The zero-order chi connectivity index (χ0) is 24.3. The number of aliphatic hydroxyl groups excluding tert-OH is 1. The molecule has 2 aliphatic heterocycles. The molecular weight excluding hydrogens is 469 g/mol. The second-order valence-electron chi connectivity index (χ2n) is 8.47. The number of aliphatic hydroxyl groups is 1. The molecule has 2 aromatic carbocycles. The zero-order valence-corrected chi connectivity index (χ0v) is 18.5. The van der Waals surface area contributed by atoms with Crippen molar-refractivity contribution in [1.82, 2.24) is 0 Å². The summed E-state index contributed by atoms with van der Waals surface area (Å²) in [4.78, 5) is 16.4. The Bertz CT molecular complexity index is 1240. The minimum Gasteiger partial charge on any atom is -0.484 e. The predicted molar refractivity (Wildman–Crippen MR) is 122 cm³/mol. The fourth-order valence-corrected chi connectivity index (χ4v) is 5.12. The number of rotatable bonds is 3. The molecule has 3 aliphatic rings. The lowest BCUT2D eigenvalue weighted by Gasteiger charge is -2.43. The number of carbonyl (C=O) groups excluding carboxylic acids is 1. The van der Waals surface area contributed by atoms with E-state index in [2.05, 4.69) is 5.32 Å². The van der Waals surface area contributed by atoms with Crippen LogP contribution in [0.5, 0.6) is 5.75 Å². The van der Waals surface area contributed by atoms with Crippen LogP contribution in [0.1, 0.15) is 30.4 Å². The van der Waals surface area contributed by atoms with Gasteiger partial charge in [-0.2, -0.15) is 18.4 Å². The van der Waals surface area contributed by atoms with Gasteiger partial charge in [-0.1, -0.05) is 0 Å². The SMILES string of the molecule is N#Cc1ccc(N2C(=O)C3(CCC3)N(c3ccc4c(c3)NC[C@@H](CO)O4)C2=S)cc1C(F)(F)F. The number of thiocarbonyl (C=S) groups is 1. The summed E-state index contributed by atoms with van der Waals surface area (Å²) in [5, 5.41) is 21.7. The van der Waals surface area contributed by atoms with Crippen LogP contribution in [0, 0.1) is 11.3 Å². The zero-order valence-electron chi connectivity index (χ0n) is 17.7. The molecule has 0 unspecified atom stereocenters. The van der Waals surface area contributed by atoms with Crippen LogP contribution in [0.3, 0.4) is 0 Å². The molecule has 2 fully saturated rings. The predicted octanol–water partition coefficient (Wildman–Crippen LogP) is 3.80. The van der Waals surface area contributed by atoms with E-state index in [0.717, 1.165) is 23.5 Å². The lowest BCUT2D eigenvalue weighted by molar-refractivity contribution is -0.137. The Labute approximate surface area is 198 Å². The molecule has 5 rings (SSSR count). The summed E-state index contributed by atoms with van der Waals surface area (Å²) in [6, 6.07) is 9.96. The van der Waals surface area contributed by atoms with Gasteiger partial charge in [-0.15, -0.1) is 0 Å². The Balaban J connectivity index is 1.55. The Morgan fingerprint density at radius 1 is 1.24 bits per heavy atom. The number of carbonyl (C=O) groups is 1. The van der Waals surface area contributed by atoms with Crippen LogP contribution >= 0.6 is 12.2 Å². The summed E-state index contributed by atoms with van der Waals surface area (Å²) in [6.07, 6.45) is -3.32. The minimum absolute atomic E-state index is 0.0275. The van der Waals surface area contributed by atoms with Crippen molar-refractivity contribution in [3.63, 3.8) is 0 Å². The van der Waals surface area contributed by atoms with Gasteiger partial charge in [0.1, 0.15) is 17.4 Å². The number of anilines is 3. The monoisotopic (exact) mass is 488 g/mol. The van der Waals surface area contributed by atoms with Gasteiger partial charge in [0.15, 0.2) is 5.11 Å². The highest BCUT2D eigenvalue weighted by Gasteiger charge is 2.59. The van der Waals surface area contributed by atoms with E-state index in [0.29, 0.717) is 36.5 Å². The highest BCUT2D eigenvalue weighted by molar-refractivity contribution is 7.81. The van der Waals surface area contributed by atoms with Crippen molar-refractivity contribution in [2.75, 3.05) is 28.3 Å². The molecule has 1 spiro atoms. The molecule has 2 aromatic rings. The maximum atomic E-state index is 13.6. The highest BCUT2D eigenvalue weighted by Crippen LogP contribution is 2.49. The number of ether oxygens (including phenoxy) is 1. The summed E-state index contributed by atoms with van der Waals surface area (Å²) < 4.78 is 46.4. The quantitative estimate of drug-likeness (QED) is 0.636. The average Bonchev–Trinajstić information content (AvgIpc) is 3.04. The van der Waals surface area contributed by atoms with Gasteiger partial charge in [-0.05, 0) is 67.9 Å². The van der Waals surface area contributed by atoms with E-state index in [-0.39, 0.29) is 29.4 Å². The first-order chi connectivity index (χ1) is 16.2. The summed E-state index contributed by atoms with van der Waals surface area (Å²) in [7, 11) is 0. The highest BCUT2D eigenvalue weighted by atomic mass is 32.1. The van der Waals surface area contributed by atoms with Crippen LogP contribution in [0.25, 0.3) is 0 Å². The molecule has 7 nitrogen and oxygen atoms in total. The van der Waals surface area contributed by atoms with E-state index < -0.39 is 22.8 Å². The summed E-state index contributed by atoms with van der Waals surface area (Å²) >= 11 is 5.64. The number of fused-ring (bicyclic) bond motifs is 1. The fraction of sp³-hybridized carbons (Fsp3) is 0.348. The van der Waals surface area contributed by atoms with Gasteiger partial charge < -0.3 is 20.1 Å². The van der Waals surface area contributed by atoms with Gasteiger partial charge in [-0.3, -0.25) is 9.69 Å². The molecule has 1 saturated carbocycles.